The van der Waals surface area contributed by atoms with Gasteiger partial charge in [-0.2, -0.15) is 0 Å². The van der Waals surface area contributed by atoms with Gasteiger partial charge < -0.3 is 11.5 Å². The third-order valence-electron chi connectivity index (χ3n) is 1.77. The lowest BCUT2D eigenvalue weighted by atomic mass is 10.0. The van der Waals surface area contributed by atoms with Gasteiger partial charge in [-0.3, -0.25) is 0 Å². The molecular formula is C9H14N2. The minimum Gasteiger partial charge on any atom is -0.326 e. The number of hydrogen-bond donors (Lipinski definition) is 2. The zero-order chi connectivity index (χ0) is 8.27. The number of rotatable bonds is 2. The first-order chi connectivity index (χ1) is 5.25. The van der Waals surface area contributed by atoms with Crippen molar-refractivity contribution in [1.82, 2.24) is 0 Å². The Hall–Kier alpha value is -0.860. The van der Waals surface area contributed by atoms with E-state index in [1.807, 2.05) is 31.2 Å². The van der Waals surface area contributed by atoms with Crippen LogP contribution in [0.1, 0.15) is 24.1 Å². The Bertz CT molecular complexity index is 231. The van der Waals surface area contributed by atoms with Crippen molar-refractivity contribution >= 4 is 0 Å². The van der Waals surface area contributed by atoms with Crippen LogP contribution >= 0.6 is 0 Å². The second-order valence-corrected chi connectivity index (χ2v) is 2.69. The Kier molecular flexibility index (Phi) is 2.63. The van der Waals surface area contributed by atoms with Gasteiger partial charge in [-0.15, -0.1) is 0 Å². The molecule has 0 fully saturated rings. The van der Waals surface area contributed by atoms with E-state index in [2.05, 4.69) is 0 Å². The molecule has 0 aliphatic rings. The molecule has 2 heteroatoms. The maximum Gasteiger partial charge on any atom is 0.0269 e. The van der Waals surface area contributed by atoms with Crippen LogP contribution < -0.4 is 11.5 Å². The average Bonchev–Trinajstić information content (AvgIpc) is 2.04. The van der Waals surface area contributed by atoms with Crippen LogP contribution in [0, 0.1) is 0 Å². The van der Waals surface area contributed by atoms with Gasteiger partial charge in [-0.25, -0.2) is 0 Å². The van der Waals surface area contributed by atoms with Crippen LogP contribution in [0.2, 0.25) is 0 Å². The first-order valence-electron chi connectivity index (χ1n) is 3.79. The van der Waals surface area contributed by atoms with Crippen molar-refractivity contribution < 1.29 is 0 Å². The van der Waals surface area contributed by atoms with Gasteiger partial charge >= 0.3 is 0 Å². The molecule has 4 N–H and O–H groups in total. The summed E-state index contributed by atoms with van der Waals surface area (Å²) in [5, 5.41) is 0. The second kappa shape index (κ2) is 3.51. The number of hydrogen-bond acceptors (Lipinski definition) is 2. The molecule has 0 aliphatic carbocycles. The summed E-state index contributed by atoms with van der Waals surface area (Å²) in [6.45, 7) is 2.53. The van der Waals surface area contributed by atoms with Gasteiger partial charge in [0.1, 0.15) is 0 Å². The van der Waals surface area contributed by atoms with Crippen LogP contribution in [0.4, 0.5) is 0 Å². The minimum atomic E-state index is 0.0785. The summed E-state index contributed by atoms with van der Waals surface area (Å²) in [6.07, 6.45) is 0. The van der Waals surface area contributed by atoms with E-state index in [0.717, 1.165) is 11.1 Å². The molecule has 0 radical (unpaired) electrons. The molecule has 2 nitrogen and oxygen atoms in total. The summed E-state index contributed by atoms with van der Waals surface area (Å²) < 4.78 is 0. The van der Waals surface area contributed by atoms with Gasteiger partial charge in [0.05, 0.1) is 0 Å². The van der Waals surface area contributed by atoms with E-state index in [1.54, 1.807) is 0 Å². The van der Waals surface area contributed by atoms with Crippen molar-refractivity contribution in [3.8, 4) is 0 Å². The van der Waals surface area contributed by atoms with Gasteiger partial charge in [-0.1, -0.05) is 24.3 Å². The topological polar surface area (TPSA) is 52.0 Å². The first-order valence-corrected chi connectivity index (χ1v) is 3.79. The fourth-order valence-electron chi connectivity index (χ4n) is 1.16. The maximum absolute atomic E-state index is 5.73. The normalized spacial score (nSPS) is 13.0. The van der Waals surface area contributed by atoms with Crippen molar-refractivity contribution in [3.63, 3.8) is 0 Å². The van der Waals surface area contributed by atoms with Crippen molar-refractivity contribution in [2.24, 2.45) is 11.5 Å². The lowest BCUT2D eigenvalue weighted by Crippen LogP contribution is -2.10. The smallest absolute Gasteiger partial charge is 0.0269 e. The molecule has 1 unspecified atom stereocenters. The Balaban J connectivity index is 3.02. The highest BCUT2D eigenvalue weighted by molar-refractivity contribution is 5.29. The molecule has 0 saturated heterocycles. The van der Waals surface area contributed by atoms with Crippen LogP contribution in [0.15, 0.2) is 24.3 Å². The van der Waals surface area contributed by atoms with Crippen molar-refractivity contribution in [2.75, 3.05) is 0 Å². The number of nitrogens with two attached hydrogens (primary N) is 2. The highest BCUT2D eigenvalue weighted by atomic mass is 14.6. The van der Waals surface area contributed by atoms with Crippen LogP contribution in [0.25, 0.3) is 0 Å². The minimum absolute atomic E-state index is 0.0785. The Morgan fingerprint density at radius 1 is 1.36 bits per heavy atom. The first kappa shape index (κ1) is 8.24. The standard InChI is InChI=1S/C9H14N2/c1-7(11)9-5-3-2-4-8(9)6-10/h2-5,7H,6,10-11H2,1H3. The van der Waals surface area contributed by atoms with E-state index < -0.39 is 0 Å². The predicted molar refractivity (Wildman–Crippen MR) is 46.9 cm³/mol. The monoisotopic (exact) mass is 150 g/mol. The molecule has 0 heterocycles. The maximum atomic E-state index is 5.73. The molecule has 0 aromatic heterocycles. The predicted octanol–water partition coefficient (Wildman–Crippen LogP) is 1.17. The van der Waals surface area contributed by atoms with E-state index in [4.69, 9.17) is 11.5 Å². The van der Waals surface area contributed by atoms with E-state index in [1.165, 1.54) is 0 Å². The molecule has 0 saturated carbocycles. The Labute approximate surface area is 67.2 Å². The summed E-state index contributed by atoms with van der Waals surface area (Å²) in [6, 6.07) is 8.08. The van der Waals surface area contributed by atoms with Gasteiger partial charge in [0, 0.05) is 12.6 Å². The molecule has 1 rings (SSSR count). The molecule has 0 spiro atoms. The molecule has 0 amide bonds. The average molecular weight is 150 g/mol. The van der Waals surface area contributed by atoms with Gasteiger partial charge in [0.25, 0.3) is 0 Å². The van der Waals surface area contributed by atoms with Crippen molar-refractivity contribution in [2.45, 2.75) is 19.5 Å². The zero-order valence-corrected chi connectivity index (χ0v) is 6.75. The Morgan fingerprint density at radius 3 is 2.45 bits per heavy atom. The highest BCUT2D eigenvalue weighted by Gasteiger charge is 2.02. The summed E-state index contributed by atoms with van der Waals surface area (Å²) in [5.41, 5.74) is 13.6. The van der Waals surface area contributed by atoms with Crippen molar-refractivity contribution in [3.05, 3.63) is 35.4 Å². The van der Waals surface area contributed by atoms with Crippen molar-refractivity contribution in [1.29, 1.82) is 0 Å². The molecule has 1 aromatic rings. The zero-order valence-electron chi connectivity index (χ0n) is 6.75. The van der Waals surface area contributed by atoms with Crippen LogP contribution in [0.3, 0.4) is 0 Å². The summed E-state index contributed by atoms with van der Waals surface area (Å²) >= 11 is 0. The molecule has 0 bridgehead atoms. The van der Waals surface area contributed by atoms with E-state index in [0.29, 0.717) is 6.54 Å². The molecule has 1 atom stereocenters. The fraction of sp³-hybridized carbons (Fsp3) is 0.333. The van der Waals surface area contributed by atoms with Gasteiger partial charge in [0.2, 0.25) is 0 Å². The molecule has 1 aromatic carbocycles. The van der Waals surface area contributed by atoms with Crippen LogP contribution in [-0.2, 0) is 6.54 Å². The quantitative estimate of drug-likeness (QED) is 0.664. The summed E-state index contributed by atoms with van der Waals surface area (Å²) in [7, 11) is 0. The van der Waals surface area contributed by atoms with Gasteiger partial charge in [-0.05, 0) is 18.1 Å². The summed E-state index contributed by atoms with van der Waals surface area (Å²) in [4.78, 5) is 0. The highest BCUT2D eigenvalue weighted by Crippen LogP contribution is 2.14. The molecule has 0 aliphatic heterocycles. The molecular weight excluding hydrogens is 136 g/mol. The lowest BCUT2D eigenvalue weighted by molar-refractivity contribution is 0.798. The Morgan fingerprint density at radius 2 is 2.00 bits per heavy atom. The van der Waals surface area contributed by atoms with E-state index in [-0.39, 0.29) is 6.04 Å². The number of benzene rings is 1. The van der Waals surface area contributed by atoms with E-state index in [9.17, 15) is 0 Å². The molecule has 60 valence electrons. The SMILES string of the molecule is CC(N)c1ccccc1CN. The third-order valence-corrected chi connectivity index (χ3v) is 1.77. The third kappa shape index (κ3) is 1.79. The second-order valence-electron chi connectivity index (χ2n) is 2.69. The van der Waals surface area contributed by atoms with Gasteiger partial charge in [0.15, 0.2) is 0 Å². The summed E-state index contributed by atoms with van der Waals surface area (Å²) in [5.74, 6) is 0. The molecule has 11 heavy (non-hydrogen) atoms. The van der Waals surface area contributed by atoms with Crippen LogP contribution in [0.5, 0.6) is 0 Å². The van der Waals surface area contributed by atoms with Crippen LogP contribution in [-0.4, -0.2) is 0 Å². The fourth-order valence-corrected chi connectivity index (χ4v) is 1.16. The van der Waals surface area contributed by atoms with E-state index >= 15 is 0 Å². The lowest BCUT2D eigenvalue weighted by Gasteiger charge is -2.09. The largest absolute Gasteiger partial charge is 0.326 e.